The quantitative estimate of drug-likeness (QED) is 0.726. The number of fused-ring (bicyclic) bond motifs is 1. The van der Waals surface area contributed by atoms with Crippen molar-refractivity contribution in [2.75, 3.05) is 18.0 Å². The Morgan fingerprint density at radius 3 is 2.36 bits per heavy atom. The Morgan fingerprint density at radius 1 is 1.00 bits per heavy atom. The Morgan fingerprint density at radius 2 is 1.68 bits per heavy atom. The largest absolute Gasteiger partial charge is 0.356 e. The Balaban J connectivity index is 0.000000880. The summed E-state index contributed by atoms with van der Waals surface area (Å²) in [6.07, 6.45) is 4.95. The van der Waals surface area contributed by atoms with E-state index in [0.717, 1.165) is 25.2 Å². The van der Waals surface area contributed by atoms with Crippen LogP contribution in [0.15, 0.2) is 30.6 Å². The van der Waals surface area contributed by atoms with Gasteiger partial charge in [0, 0.05) is 30.8 Å². The van der Waals surface area contributed by atoms with Crippen molar-refractivity contribution >= 4 is 11.6 Å². The van der Waals surface area contributed by atoms with Gasteiger partial charge in [0.1, 0.15) is 12.1 Å². The molecule has 3 heterocycles. The predicted octanol–water partition coefficient (Wildman–Crippen LogP) is 3.96. The summed E-state index contributed by atoms with van der Waals surface area (Å²) in [6, 6.07) is 8.74. The van der Waals surface area contributed by atoms with E-state index in [-0.39, 0.29) is 0 Å². The first kappa shape index (κ1) is 17.4. The van der Waals surface area contributed by atoms with E-state index >= 15 is 0 Å². The van der Waals surface area contributed by atoms with Gasteiger partial charge in [0.25, 0.3) is 5.78 Å². The van der Waals surface area contributed by atoms with Gasteiger partial charge in [0.05, 0.1) is 0 Å². The van der Waals surface area contributed by atoms with Crippen LogP contribution in [-0.2, 0) is 6.42 Å². The minimum absolute atomic E-state index is 0.692. The second-order valence-electron chi connectivity index (χ2n) is 6.33. The molecule has 0 aliphatic carbocycles. The van der Waals surface area contributed by atoms with E-state index in [1.807, 2.05) is 18.4 Å². The second-order valence-corrected chi connectivity index (χ2v) is 6.33. The summed E-state index contributed by atoms with van der Waals surface area (Å²) in [5, 5.41) is 4.42. The molecule has 0 radical (unpaired) electrons. The molecule has 132 valence electrons. The van der Waals surface area contributed by atoms with Crippen LogP contribution in [0.3, 0.4) is 0 Å². The molecule has 0 bridgehead atoms. The first-order valence-electron chi connectivity index (χ1n) is 9.22. The van der Waals surface area contributed by atoms with Gasteiger partial charge in [-0.05, 0) is 32.3 Å². The van der Waals surface area contributed by atoms with Gasteiger partial charge in [0.15, 0.2) is 0 Å². The molecule has 25 heavy (non-hydrogen) atoms. The SMILES string of the molecule is CC.Cc1ccc(Cc2c(C)nc3ncnn3c2N2CCCC2)cc1. The highest BCUT2D eigenvalue weighted by Gasteiger charge is 2.22. The number of aryl methyl sites for hydroxylation is 2. The van der Waals surface area contributed by atoms with Gasteiger partial charge in [-0.1, -0.05) is 43.7 Å². The van der Waals surface area contributed by atoms with Gasteiger partial charge >= 0.3 is 0 Å². The van der Waals surface area contributed by atoms with Gasteiger partial charge < -0.3 is 4.90 Å². The molecule has 0 atom stereocenters. The maximum Gasteiger partial charge on any atom is 0.254 e. The third kappa shape index (κ3) is 3.50. The molecule has 0 saturated carbocycles. The molecule has 1 saturated heterocycles. The van der Waals surface area contributed by atoms with E-state index < -0.39 is 0 Å². The summed E-state index contributed by atoms with van der Waals surface area (Å²) < 4.78 is 1.90. The Hall–Kier alpha value is -2.43. The van der Waals surface area contributed by atoms with E-state index in [9.17, 15) is 0 Å². The molecule has 1 aliphatic heterocycles. The smallest absolute Gasteiger partial charge is 0.254 e. The third-order valence-corrected chi connectivity index (χ3v) is 4.61. The van der Waals surface area contributed by atoms with Crippen LogP contribution < -0.4 is 4.90 Å². The number of rotatable bonds is 3. The first-order valence-corrected chi connectivity index (χ1v) is 9.22. The Bertz CT molecular complexity index is 829. The van der Waals surface area contributed by atoms with Crippen LogP contribution in [-0.4, -0.2) is 32.7 Å². The summed E-state index contributed by atoms with van der Waals surface area (Å²) in [6.45, 7) is 10.4. The lowest BCUT2D eigenvalue weighted by atomic mass is 10.0. The number of hydrogen-bond donors (Lipinski definition) is 0. The fraction of sp³-hybridized carbons (Fsp3) is 0.450. The minimum atomic E-state index is 0.692. The first-order chi connectivity index (χ1) is 12.2. The molecular formula is C20H27N5. The standard InChI is InChI=1S/C18H21N5.C2H6/c1-13-5-7-15(8-6-13)11-16-14(2)21-18-19-12-20-23(18)17(16)22-9-3-4-10-22;1-2/h5-8,12H,3-4,9-11H2,1-2H3;1-2H3. The molecule has 0 N–H and O–H groups in total. The lowest BCUT2D eigenvalue weighted by molar-refractivity contribution is 0.825. The summed E-state index contributed by atoms with van der Waals surface area (Å²) >= 11 is 0. The van der Waals surface area contributed by atoms with Crippen molar-refractivity contribution < 1.29 is 0 Å². The number of nitrogens with zero attached hydrogens (tertiary/aromatic N) is 5. The Kier molecular flexibility index (Phi) is 5.31. The molecule has 3 aromatic rings. The molecular weight excluding hydrogens is 310 g/mol. The monoisotopic (exact) mass is 337 g/mol. The van der Waals surface area contributed by atoms with Gasteiger partial charge in [0.2, 0.25) is 0 Å². The van der Waals surface area contributed by atoms with Crippen LogP contribution in [0.5, 0.6) is 0 Å². The fourth-order valence-electron chi connectivity index (χ4n) is 3.34. The molecule has 0 spiro atoms. The highest BCUT2D eigenvalue weighted by Crippen LogP contribution is 2.28. The highest BCUT2D eigenvalue weighted by atomic mass is 15.4. The van der Waals surface area contributed by atoms with Gasteiger partial charge in [-0.25, -0.2) is 4.98 Å². The summed E-state index contributed by atoms with van der Waals surface area (Å²) in [5.74, 6) is 1.86. The molecule has 1 fully saturated rings. The van der Waals surface area contributed by atoms with E-state index in [1.165, 1.54) is 35.3 Å². The highest BCUT2D eigenvalue weighted by molar-refractivity contribution is 5.56. The minimum Gasteiger partial charge on any atom is -0.356 e. The summed E-state index contributed by atoms with van der Waals surface area (Å²) in [7, 11) is 0. The summed E-state index contributed by atoms with van der Waals surface area (Å²) in [4.78, 5) is 11.4. The molecule has 5 heteroatoms. The van der Waals surface area contributed by atoms with Gasteiger partial charge in [-0.3, -0.25) is 0 Å². The topological polar surface area (TPSA) is 46.3 Å². The van der Waals surface area contributed by atoms with E-state index in [0.29, 0.717) is 5.78 Å². The number of hydrogen-bond acceptors (Lipinski definition) is 4. The molecule has 5 nitrogen and oxygen atoms in total. The molecule has 4 rings (SSSR count). The molecule has 1 aromatic carbocycles. The molecule has 0 unspecified atom stereocenters. The number of benzene rings is 1. The zero-order chi connectivity index (χ0) is 17.8. The second kappa shape index (κ2) is 7.64. The average Bonchev–Trinajstić information content (AvgIpc) is 3.31. The van der Waals surface area contributed by atoms with Crippen molar-refractivity contribution in [1.82, 2.24) is 19.6 Å². The van der Waals surface area contributed by atoms with Crippen LogP contribution in [0.1, 0.15) is 49.1 Å². The van der Waals surface area contributed by atoms with E-state index in [4.69, 9.17) is 0 Å². The van der Waals surface area contributed by atoms with Crippen molar-refractivity contribution in [2.45, 2.75) is 47.0 Å². The van der Waals surface area contributed by atoms with Gasteiger partial charge in [-0.2, -0.15) is 14.6 Å². The van der Waals surface area contributed by atoms with Crippen LogP contribution in [0.25, 0.3) is 5.78 Å². The predicted molar refractivity (Wildman–Crippen MR) is 102 cm³/mol. The number of anilines is 1. The van der Waals surface area contributed by atoms with Crippen molar-refractivity contribution in [1.29, 1.82) is 0 Å². The van der Waals surface area contributed by atoms with Crippen molar-refractivity contribution in [3.05, 3.63) is 53.0 Å². The molecule has 1 aliphatic rings. The maximum absolute atomic E-state index is 4.64. The number of aromatic nitrogens is 4. The zero-order valence-corrected chi connectivity index (χ0v) is 15.7. The van der Waals surface area contributed by atoms with E-state index in [2.05, 4.69) is 58.1 Å². The van der Waals surface area contributed by atoms with Crippen LogP contribution in [0, 0.1) is 13.8 Å². The van der Waals surface area contributed by atoms with Crippen molar-refractivity contribution in [3.63, 3.8) is 0 Å². The third-order valence-electron chi connectivity index (χ3n) is 4.61. The lowest BCUT2D eigenvalue weighted by Gasteiger charge is -2.23. The summed E-state index contributed by atoms with van der Waals surface area (Å²) in [5.41, 5.74) is 4.90. The van der Waals surface area contributed by atoms with Crippen molar-refractivity contribution in [2.24, 2.45) is 0 Å². The maximum atomic E-state index is 4.64. The lowest BCUT2D eigenvalue weighted by Crippen LogP contribution is -2.24. The van der Waals surface area contributed by atoms with Gasteiger partial charge in [-0.15, -0.1) is 0 Å². The van der Waals surface area contributed by atoms with Crippen molar-refractivity contribution in [3.8, 4) is 0 Å². The average molecular weight is 337 g/mol. The normalized spacial score (nSPS) is 13.8. The Labute approximate surface area is 149 Å². The molecule has 0 amide bonds. The van der Waals surface area contributed by atoms with Crippen LogP contribution in [0.2, 0.25) is 0 Å². The zero-order valence-electron chi connectivity index (χ0n) is 15.7. The van der Waals surface area contributed by atoms with Crippen LogP contribution in [0.4, 0.5) is 5.82 Å². The molecule has 2 aromatic heterocycles. The van der Waals surface area contributed by atoms with E-state index in [1.54, 1.807) is 6.33 Å². The van der Waals surface area contributed by atoms with Crippen LogP contribution >= 0.6 is 0 Å². The fourth-order valence-corrected chi connectivity index (χ4v) is 3.34.